The van der Waals surface area contributed by atoms with E-state index in [0.717, 1.165) is 12.8 Å². The van der Waals surface area contributed by atoms with Crippen molar-refractivity contribution in [1.82, 2.24) is 0 Å². The van der Waals surface area contributed by atoms with Crippen LogP contribution >= 0.6 is 0 Å². The van der Waals surface area contributed by atoms with E-state index in [2.05, 4.69) is 20.8 Å². The molecule has 1 unspecified atom stereocenters. The topological polar surface area (TPSA) is 26.3 Å². The number of carbonyl (C=O) groups excluding carboxylic acids is 1. The minimum Gasteiger partial charge on any atom is -0.376 e. The smallest absolute Gasteiger partial charge is 0.135 e. The fourth-order valence-electron chi connectivity index (χ4n) is 3.48. The highest BCUT2D eigenvalue weighted by molar-refractivity contribution is 5.80. The Morgan fingerprint density at radius 1 is 0.692 bits per heavy atom. The van der Waals surface area contributed by atoms with Crippen LogP contribution in [0.4, 0.5) is 0 Å². The zero-order chi connectivity index (χ0) is 19.6. The number of ketones is 1. The molecule has 0 heterocycles. The summed E-state index contributed by atoms with van der Waals surface area (Å²) in [6, 6.07) is 0. The molecule has 0 aliphatic heterocycles. The number of rotatable bonds is 19. The van der Waals surface area contributed by atoms with Crippen molar-refractivity contribution in [1.29, 1.82) is 0 Å². The third-order valence-corrected chi connectivity index (χ3v) is 5.19. The first-order chi connectivity index (χ1) is 12.5. The van der Waals surface area contributed by atoms with Gasteiger partial charge in [0.25, 0.3) is 0 Å². The van der Waals surface area contributed by atoms with Crippen LogP contribution in [-0.2, 0) is 9.53 Å². The summed E-state index contributed by atoms with van der Waals surface area (Å²) < 4.78 is 6.11. The lowest BCUT2D eigenvalue weighted by molar-refractivity contribution is -0.122. The lowest BCUT2D eigenvalue weighted by Crippen LogP contribution is -2.18. The van der Waals surface area contributed by atoms with Gasteiger partial charge in [-0.15, -0.1) is 0 Å². The molecular formula is C24H48O2. The lowest BCUT2D eigenvalue weighted by atomic mass is 10.0. The number of hydrogen-bond acceptors (Lipinski definition) is 2. The predicted molar refractivity (Wildman–Crippen MR) is 115 cm³/mol. The molecule has 0 aromatic carbocycles. The van der Waals surface area contributed by atoms with Gasteiger partial charge in [0.15, 0.2) is 0 Å². The van der Waals surface area contributed by atoms with Crippen LogP contribution in [0.3, 0.4) is 0 Å². The van der Waals surface area contributed by atoms with E-state index in [-0.39, 0.29) is 5.92 Å². The van der Waals surface area contributed by atoms with Crippen LogP contribution in [0.15, 0.2) is 0 Å². The number of unbranched alkanes of at least 4 members (excludes halogenated alkanes) is 10. The zero-order valence-electron chi connectivity index (χ0n) is 18.7. The third-order valence-electron chi connectivity index (χ3n) is 5.19. The van der Waals surface area contributed by atoms with Crippen LogP contribution < -0.4 is 0 Å². The first kappa shape index (κ1) is 25.6. The van der Waals surface area contributed by atoms with Crippen molar-refractivity contribution in [3.05, 3.63) is 0 Å². The molecule has 0 fully saturated rings. The van der Waals surface area contributed by atoms with Gasteiger partial charge >= 0.3 is 0 Å². The Balaban J connectivity index is 3.54. The molecule has 0 aliphatic rings. The average Bonchev–Trinajstić information content (AvgIpc) is 2.59. The maximum Gasteiger partial charge on any atom is 0.135 e. The molecule has 0 spiro atoms. The molecule has 2 nitrogen and oxygen atoms in total. The van der Waals surface area contributed by atoms with E-state index in [1.165, 1.54) is 83.5 Å². The maximum atomic E-state index is 11.6. The van der Waals surface area contributed by atoms with Gasteiger partial charge in [0.1, 0.15) is 5.78 Å². The molecule has 2 heteroatoms. The quantitative estimate of drug-likeness (QED) is 0.217. The molecule has 1 atom stereocenters. The molecule has 156 valence electrons. The van der Waals surface area contributed by atoms with Crippen LogP contribution in [0.1, 0.15) is 131 Å². The lowest BCUT2D eigenvalue weighted by Gasteiger charge is -2.20. The van der Waals surface area contributed by atoms with Crippen molar-refractivity contribution >= 4 is 5.78 Å². The van der Waals surface area contributed by atoms with Crippen LogP contribution in [-0.4, -0.2) is 18.0 Å². The van der Waals surface area contributed by atoms with Gasteiger partial charge in [-0.3, -0.25) is 4.79 Å². The van der Waals surface area contributed by atoms with Gasteiger partial charge in [0, 0.05) is 12.3 Å². The summed E-state index contributed by atoms with van der Waals surface area (Å²) >= 11 is 0. The zero-order valence-corrected chi connectivity index (χ0v) is 18.7. The van der Waals surface area contributed by atoms with Crippen LogP contribution in [0.2, 0.25) is 0 Å². The normalized spacial score (nSPS) is 12.9. The molecule has 0 amide bonds. The van der Waals surface area contributed by atoms with Gasteiger partial charge in [-0.2, -0.15) is 0 Å². The van der Waals surface area contributed by atoms with Crippen molar-refractivity contribution in [2.24, 2.45) is 5.92 Å². The van der Waals surface area contributed by atoms with Crippen molar-refractivity contribution in [3.63, 3.8) is 0 Å². The van der Waals surface area contributed by atoms with Crippen molar-refractivity contribution < 1.29 is 9.53 Å². The summed E-state index contributed by atoms with van der Waals surface area (Å²) in [6.45, 7) is 10.6. The van der Waals surface area contributed by atoms with Gasteiger partial charge in [-0.05, 0) is 33.1 Å². The van der Waals surface area contributed by atoms with E-state index in [0.29, 0.717) is 18.0 Å². The molecule has 0 saturated heterocycles. The molecule has 0 rings (SSSR count). The fraction of sp³-hybridized carbons (Fsp3) is 0.958. The van der Waals surface area contributed by atoms with Crippen molar-refractivity contribution in [2.75, 3.05) is 0 Å². The Bertz CT molecular complexity index is 309. The van der Waals surface area contributed by atoms with Gasteiger partial charge in [-0.25, -0.2) is 0 Å². The van der Waals surface area contributed by atoms with E-state index in [4.69, 9.17) is 4.74 Å². The highest BCUT2D eigenvalue weighted by atomic mass is 16.5. The summed E-state index contributed by atoms with van der Waals surface area (Å²) in [5.74, 6) is 0.642. The second kappa shape index (κ2) is 18.0. The maximum absolute atomic E-state index is 11.6. The third kappa shape index (κ3) is 17.1. The number of carbonyl (C=O) groups is 1. The highest BCUT2D eigenvalue weighted by Gasteiger charge is 2.10. The van der Waals surface area contributed by atoms with E-state index < -0.39 is 0 Å². The summed E-state index contributed by atoms with van der Waals surface area (Å²) in [7, 11) is 0. The largest absolute Gasteiger partial charge is 0.376 e. The second-order valence-electron chi connectivity index (χ2n) is 8.64. The molecule has 0 aromatic rings. The molecule has 0 aromatic heterocycles. The highest BCUT2D eigenvalue weighted by Crippen LogP contribution is 2.18. The van der Waals surface area contributed by atoms with E-state index in [9.17, 15) is 4.79 Å². The number of hydrogen-bond donors (Lipinski definition) is 0. The fourth-order valence-corrected chi connectivity index (χ4v) is 3.48. The summed E-state index contributed by atoms with van der Waals surface area (Å²) in [4.78, 5) is 11.6. The first-order valence-electron chi connectivity index (χ1n) is 11.7. The first-order valence-corrected chi connectivity index (χ1v) is 11.7. The molecular weight excluding hydrogens is 320 g/mol. The van der Waals surface area contributed by atoms with E-state index in [1.807, 2.05) is 13.8 Å². The SMILES string of the molecule is CCCCCCC(CCCCCCCCCCC(=O)C(C)C)OC(C)C. The second-order valence-corrected chi connectivity index (χ2v) is 8.64. The van der Waals surface area contributed by atoms with Crippen LogP contribution in [0.5, 0.6) is 0 Å². The minimum atomic E-state index is 0.213. The average molecular weight is 369 g/mol. The molecule has 0 aliphatic carbocycles. The molecule has 0 bridgehead atoms. The molecule has 0 saturated carbocycles. The van der Waals surface area contributed by atoms with Crippen LogP contribution in [0.25, 0.3) is 0 Å². The monoisotopic (exact) mass is 368 g/mol. The van der Waals surface area contributed by atoms with Gasteiger partial charge < -0.3 is 4.74 Å². The van der Waals surface area contributed by atoms with Gasteiger partial charge in [0.05, 0.1) is 12.2 Å². The summed E-state index contributed by atoms with van der Waals surface area (Å²) in [6.07, 6.45) is 19.8. The molecule has 0 N–H and O–H groups in total. The predicted octanol–water partition coefficient (Wildman–Crippen LogP) is 7.88. The van der Waals surface area contributed by atoms with E-state index in [1.54, 1.807) is 0 Å². The summed E-state index contributed by atoms with van der Waals surface area (Å²) in [5, 5.41) is 0. The van der Waals surface area contributed by atoms with E-state index >= 15 is 0 Å². The molecule has 26 heavy (non-hydrogen) atoms. The Kier molecular flexibility index (Phi) is 17.8. The Labute approximate surface area is 164 Å². The number of ether oxygens (including phenoxy) is 1. The summed E-state index contributed by atoms with van der Waals surface area (Å²) in [5.41, 5.74) is 0. The Hall–Kier alpha value is -0.370. The van der Waals surface area contributed by atoms with Gasteiger partial charge in [0.2, 0.25) is 0 Å². The van der Waals surface area contributed by atoms with Crippen LogP contribution in [0, 0.1) is 5.92 Å². The van der Waals surface area contributed by atoms with Crippen molar-refractivity contribution in [2.45, 2.75) is 143 Å². The minimum absolute atomic E-state index is 0.213. The standard InChI is InChI=1S/C24H48O2/c1-6-7-8-15-18-23(26-22(4)5)19-16-13-11-9-10-12-14-17-20-24(25)21(2)3/h21-23H,6-20H2,1-5H3. The Morgan fingerprint density at radius 2 is 1.15 bits per heavy atom. The van der Waals surface area contributed by atoms with Gasteiger partial charge in [-0.1, -0.05) is 91.4 Å². The molecule has 0 radical (unpaired) electrons. The number of Topliss-reactive ketones (excluding diaryl/α,β-unsaturated/α-hetero) is 1. The van der Waals surface area contributed by atoms with Crippen molar-refractivity contribution in [3.8, 4) is 0 Å². The Morgan fingerprint density at radius 3 is 1.62 bits per heavy atom.